The Balaban J connectivity index is 2.47. The molecule has 20 heavy (non-hydrogen) atoms. The summed E-state index contributed by atoms with van der Waals surface area (Å²) in [6.45, 7) is 0. The number of hydrogen-bond donors (Lipinski definition) is 1. The van der Waals surface area contributed by atoms with Crippen molar-refractivity contribution in [2.75, 3.05) is 0 Å². The summed E-state index contributed by atoms with van der Waals surface area (Å²) in [5, 5.41) is 0. The average molecular weight is 283 g/mol. The smallest absolute Gasteiger partial charge is 0.366 e. The van der Waals surface area contributed by atoms with Gasteiger partial charge in [-0.25, -0.2) is 4.39 Å². The molecule has 0 fully saturated rings. The number of benzene rings is 2. The zero-order valence-electron chi connectivity index (χ0n) is 10.0. The topological polar surface area (TPSA) is 43.1 Å². The number of rotatable bonds is 2. The van der Waals surface area contributed by atoms with E-state index in [4.69, 9.17) is 5.73 Å². The van der Waals surface area contributed by atoms with Crippen molar-refractivity contribution in [3.05, 3.63) is 59.4 Å². The third kappa shape index (κ3) is 2.79. The highest BCUT2D eigenvalue weighted by Gasteiger charge is 2.33. The molecule has 0 bridgehead atoms. The first kappa shape index (κ1) is 14.0. The predicted octanol–water partition coefficient (Wildman–Crippen LogP) is 3.61. The van der Waals surface area contributed by atoms with E-state index in [1.165, 1.54) is 18.2 Å². The second-order valence-electron chi connectivity index (χ2n) is 4.14. The third-order valence-corrected chi connectivity index (χ3v) is 2.75. The Morgan fingerprint density at radius 3 is 2.20 bits per heavy atom. The molecule has 0 aliphatic heterocycles. The minimum atomic E-state index is -4.74. The highest BCUT2D eigenvalue weighted by atomic mass is 19.4. The van der Waals surface area contributed by atoms with Crippen molar-refractivity contribution in [1.29, 1.82) is 0 Å². The van der Waals surface area contributed by atoms with Gasteiger partial charge in [0.25, 0.3) is 0 Å². The van der Waals surface area contributed by atoms with E-state index >= 15 is 0 Å². The fourth-order valence-corrected chi connectivity index (χ4v) is 1.78. The first-order valence-corrected chi connectivity index (χ1v) is 5.56. The second kappa shape index (κ2) is 4.96. The van der Waals surface area contributed by atoms with Gasteiger partial charge in [-0.2, -0.15) is 13.2 Å². The van der Waals surface area contributed by atoms with Gasteiger partial charge in [0.05, 0.1) is 5.56 Å². The Kier molecular flexibility index (Phi) is 3.48. The van der Waals surface area contributed by atoms with Crippen LogP contribution in [0.2, 0.25) is 0 Å². The monoisotopic (exact) mass is 283 g/mol. The molecule has 0 unspecified atom stereocenters. The predicted molar refractivity (Wildman–Crippen MR) is 65.4 cm³/mol. The molecule has 0 aliphatic carbocycles. The van der Waals surface area contributed by atoms with Crippen molar-refractivity contribution in [3.8, 4) is 11.1 Å². The van der Waals surface area contributed by atoms with E-state index < -0.39 is 23.5 Å². The number of hydrogen-bond acceptors (Lipinski definition) is 1. The Morgan fingerprint density at radius 2 is 1.65 bits per heavy atom. The number of carbonyl (C=O) groups excluding carboxylic acids is 1. The summed E-state index contributed by atoms with van der Waals surface area (Å²) in [5.41, 5.74) is 4.63. The average Bonchev–Trinajstić information content (AvgIpc) is 2.37. The van der Waals surface area contributed by atoms with Gasteiger partial charge in [-0.05, 0) is 35.4 Å². The summed E-state index contributed by atoms with van der Waals surface area (Å²) >= 11 is 0. The quantitative estimate of drug-likeness (QED) is 0.841. The molecule has 6 heteroatoms. The summed E-state index contributed by atoms with van der Waals surface area (Å²) in [4.78, 5) is 11.0. The number of amides is 1. The van der Waals surface area contributed by atoms with Crippen molar-refractivity contribution in [1.82, 2.24) is 0 Å². The maximum Gasteiger partial charge on any atom is 0.419 e. The highest BCUT2D eigenvalue weighted by Crippen LogP contribution is 2.33. The van der Waals surface area contributed by atoms with Gasteiger partial charge in [0.1, 0.15) is 5.82 Å². The highest BCUT2D eigenvalue weighted by molar-refractivity contribution is 5.94. The van der Waals surface area contributed by atoms with Crippen LogP contribution in [-0.4, -0.2) is 5.91 Å². The van der Waals surface area contributed by atoms with E-state index in [1.54, 1.807) is 6.07 Å². The van der Waals surface area contributed by atoms with Crippen LogP contribution >= 0.6 is 0 Å². The number of alkyl halides is 3. The third-order valence-electron chi connectivity index (χ3n) is 2.75. The van der Waals surface area contributed by atoms with Crippen LogP contribution in [0.3, 0.4) is 0 Å². The molecular weight excluding hydrogens is 274 g/mol. The van der Waals surface area contributed by atoms with Crippen LogP contribution in [0, 0.1) is 5.82 Å². The number of primary amides is 1. The first-order chi connectivity index (χ1) is 9.29. The van der Waals surface area contributed by atoms with E-state index in [-0.39, 0.29) is 11.1 Å². The number of carbonyl (C=O) groups is 1. The lowest BCUT2D eigenvalue weighted by molar-refractivity contribution is -0.139. The Morgan fingerprint density at radius 1 is 1.00 bits per heavy atom. The molecule has 0 saturated heterocycles. The molecule has 2 aromatic rings. The molecule has 104 valence electrons. The molecular formula is C14H9F4NO. The molecule has 0 saturated carbocycles. The van der Waals surface area contributed by atoms with Crippen LogP contribution in [0.5, 0.6) is 0 Å². The molecule has 0 aliphatic rings. The zero-order chi connectivity index (χ0) is 14.9. The Hall–Kier alpha value is -2.37. The summed E-state index contributed by atoms with van der Waals surface area (Å²) in [6.07, 6.45) is -4.74. The standard InChI is InChI=1S/C14H9F4NO/c15-12-7-9(4-5-11(12)14(16,17)18)8-2-1-3-10(6-8)13(19)20/h1-7H,(H2,19,20). The van der Waals surface area contributed by atoms with Crippen molar-refractivity contribution in [2.24, 2.45) is 5.73 Å². The van der Waals surface area contributed by atoms with Gasteiger partial charge in [-0.3, -0.25) is 4.79 Å². The van der Waals surface area contributed by atoms with Gasteiger partial charge < -0.3 is 5.73 Å². The molecule has 0 heterocycles. The largest absolute Gasteiger partial charge is 0.419 e. The molecule has 2 aromatic carbocycles. The minimum Gasteiger partial charge on any atom is -0.366 e. The van der Waals surface area contributed by atoms with Gasteiger partial charge in [0.15, 0.2) is 0 Å². The fraction of sp³-hybridized carbons (Fsp3) is 0.0714. The van der Waals surface area contributed by atoms with Crippen LogP contribution in [0.1, 0.15) is 15.9 Å². The number of nitrogens with two attached hydrogens (primary N) is 1. The zero-order valence-corrected chi connectivity index (χ0v) is 10.0. The van der Waals surface area contributed by atoms with Gasteiger partial charge in [-0.15, -0.1) is 0 Å². The molecule has 0 atom stereocenters. The van der Waals surface area contributed by atoms with Crippen LogP contribution in [0.4, 0.5) is 17.6 Å². The second-order valence-corrected chi connectivity index (χ2v) is 4.14. The number of halogens is 4. The van der Waals surface area contributed by atoms with E-state index in [0.717, 1.165) is 12.1 Å². The van der Waals surface area contributed by atoms with Crippen molar-refractivity contribution < 1.29 is 22.4 Å². The van der Waals surface area contributed by atoms with E-state index in [9.17, 15) is 22.4 Å². The van der Waals surface area contributed by atoms with Crippen LogP contribution in [-0.2, 0) is 6.18 Å². The van der Waals surface area contributed by atoms with E-state index in [1.807, 2.05) is 0 Å². The van der Waals surface area contributed by atoms with Gasteiger partial charge in [0, 0.05) is 5.56 Å². The Bertz CT molecular complexity index is 664. The Labute approximate surface area is 111 Å². The lowest BCUT2D eigenvalue weighted by atomic mass is 10.0. The van der Waals surface area contributed by atoms with Crippen LogP contribution < -0.4 is 5.73 Å². The molecule has 0 radical (unpaired) electrons. The molecule has 0 spiro atoms. The summed E-state index contributed by atoms with van der Waals surface area (Å²) < 4.78 is 50.8. The fourth-order valence-electron chi connectivity index (χ4n) is 1.78. The molecule has 1 amide bonds. The van der Waals surface area contributed by atoms with Crippen molar-refractivity contribution >= 4 is 5.91 Å². The normalized spacial score (nSPS) is 11.4. The molecule has 2 nitrogen and oxygen atoms in total. The minimum absolute atomic E-state index is 0.197. The summed E-state index contributed by atoms with van der Waals surface area (Å²) in [6, 6.07) is 8.52. The van der Waals surface area contributed by atoms with Gasteiger partial charge >= 0.3 is 6.18 Å². The molecule has 2 rings (SSSR count). The maximum absolute atomic E-state index is 13.5. The van der Waals surface area contributed by atoms with Crippen molar-refractivity contribution in [2.45, 2.75) is 6.18 Å². The van der Waals surface area contributed by atoms with Crippen LogP contribution in [0.15, 0.2) is 42.5 Å². The lowest BCUT2D eigenvalue weighted by Gasteiger charge is -2.10. The lowest BCUT2D eigenvalue weighted by Crippen LogP contribution is -2.10. The van der Waals surface area contributed by atoms with E-state index in [2.05, 4.69) is 0 Å². The summed E-state index contributed by atoms with van der Waals surface area (Å²) in [5.74, 6) is -2.03. The van der Waals surface area contributed by atoms with Gasteiger partial charge in [0.2, 0.25) is 5.91 Å². The SMILES string of the molecule is NC(=O)c1cccc(-c2ccc(C(F)(F)F)c(F)c2)c1. The van der Waals surface area contributed by atoms with E-state index in [0.29, 0.717) is 11.6 Å². The molecule has 2 N–H and O–H groups in total. The maximum atomic E-state index is 13.5. The molecule has 0 aromatic heterocycles. The summed E-state index contributed by atoms with van der Waals surface area (Å²) in [7, 11) is 0. The van der Waals surface area contributed by atoms with Crippen molar-refractivity contribution in [3.63, 3.8) is 0 Å². The first-order valence-electron chi connectivity index (χ1n) is 5.56. The van der Waals surface area contributed by atoms with Crippen LogP contribution in [0.25, 0.3) is 11.1 Å². The van der Waals surface area contributed by atoms with Gasteiger partial charge in [-0.1, -0.05) is 18.2 Å².